The Morgan fingerprint density at radius 1 is 1.24 bits per heavy atom. The van der Waals surface area contributed by atoms with Crippen molar-refractivity contribution in [2.75, 3.05) is 0 Å². The zero-order valence-electron chi connectivity index (χ0n) is 10.1. The molecule has 8 heteroatoms. The lowest BCUT2D eigenvalue weighted by molar-refractivity contribution is 0.0942. The first-order valence-corrected chi connectivity index (χ1v) is 7.49. The number of nitrogens with one attached hydrogen (secondary N) is 1. The number of hydrogen-bond donors (Lipinski definition) is 1. The third kappa shape index (κ3) is 3.22. The molecule has 0 radical (unpaired) electrons. The second kappa shape index (κ2) is 5.09. The normalized spacial score (nSPS) is 12.1. The molecule has 0 spiro atoms. The highest BCUT2D eigenvalue weighted by atomic mass is 32.2. The van der Waals surface area contributed by atoms with Crippen molar-refractivity contribution in [2.45, 2.75) is 43.3 Å². The van der Waals surface area contributed by atoms with E-state index in [4.69, 9.17) is 0 Å². The SMILES string of the molecule is CC(C)NC(=O)c1nnc(S(=O)(=O)C(C)C)s1. The molecule has 1 aromatic rings. The number of rotatable bonds is 4. The fraction of sp³-hybridized carbons (Fsp3) is 0.667. The highest BCUT2D eigenvalue weighted by Crippen LogP contribution is 2.20. The van der Waals surface area contributed by atoms with Crippen molar-refractivity contribution >= 4 is 27.1 Å². The molecule has 0 fully saturated rings. The van der Waals surface area contributed by atoms with E-state index in [-0.39, 0.29) is 15.4 Å². The average Bonchev–Trinajstić information content (AvgIpc) is 2.65. The van der Waals surface area contributed by atoms with Crippen LogP contribution in [0.1, 0.15) is 37.5 Å². The van der Waals surface area contributed by atoms with Gasteiger partial charge in [0, 0.05) is 6.04 Å². The summed E-state index contributed by atoms with van der Waals surface area (Å²) in [5.41, 5.74) is 0. The zero-order valence-corrected chi connectivity index (χ0v) is 11.7. The summed E-state index contributed by atoms with van der Waals surface area (Å²) in [6.07, 6.45) is 0. The van der Waals surface area contributed by atoms with E-state index < -0.39 is 21.0 Å². The first kappa shape index (κ1) is 14.0. The molecule has 1 amide bonds. The number of nitrogens with zero attached hydrogens (tertiary/aromatic N) is 2. The van der Waals surface area contributed by atoms with Gasteiger partial charge in [0.05, 0.1) is 5.25 Å². The predicted molar refractivity (Wildman–Crippen MR) is 64.8 cm³/mol. The Balaban J connectivity index is 2.97. The van der Waals surface area contributed by atoms with Crippen LogP contribution in [0.4, 0.5) is 0 Å². The lowest BCUT2D eigenvalue weighted by Crippen LogP contribution is -2.29. The maximum absolute atomic E-state index is 11.8. The van der Waals surface area contributed by atoms with Crippen molar-refractivity contribution in [2.24, 2.45) is 0 Å². The van der Waals surface area contributed by atoms with Crippen LogP contribution in [-0.4, -0.2) is 35.8 Å². The summed E-state index contributed by atoms with van der Waals surface area (Å²) in [4.78, 5) is 11.6. The second-order valence-corrected chi connectivity index (χ2v) is 7.75. The fourth-order valence-electron chi connectivity index (χ4n) is 0.942. The third-order valence-corrected chi connectivity index (χ3v) is 5.36. The van der Waals surface area contributed by atoms with Crippen molar-refractivity contribution in [3.63, 3.8) is 0 Å². The van der Waals surface area contributed by atoms with E-state index in [0.717, 1.165) is 11.3 Å². The molecule has 0 aliphatic heterocycles. The number of carbonyl (C=O) groups excluding carboxylic acids is 1. The van der Waals surface area contributed by atoms with Gasteiger partial charge in [0.2, 0.25) is 19.2 Å². The fourth-order valence-corrected chi connectivity index (χ4v) is 3.26. The van der Waals surface area contributed by atoms with Crippen LogP contribution in [0.2, 0.25) is 0 Å². The van der Waals surface area contributed by atoms with E-state index in [1.54, 1.807) is 13.8 Å². The Labute approximate surface area is 104 Å². The summed E-state index contributed by atoms with van der Waals surface area (Å²) < 4.78 is 23.4. The van der Waals surface area contributed by atoms with Gasteiger partial charge in [-0.2, -0.15) is 0 Å². The van der Waals surface area contributed by atoms with Gasteiger partial charge >= 0.3 is 0 Å². The van der Waals surface area contributed by atoms with Crippen molar-refractivity contribution in [1.29, 1.82) is 0 Å². The Bertz CT molecular complexity index is 505. The summed E-state index contributed by atoms with van der Waals surface area (Å²) in [7, 11) is -3.45. The van der Waals surface area contributed by atoms with Crippen LogP contribution in [0.3, 0.4) is 0 Å². The largest absolute Gasteiger partial charge is 0.348 e. The van der Waals surface area contributed by atoms with E-state index in [9.17, 15) is 13.2 Å². The molecule has 1 rings (SSSR count). The van der Waals surface area contributed by atoms with Gasteiger partial charge in [0.25, 0.3) is 5.91 Å². The van der Waals surface area contributed by atoms with Gasteiger partial charge in [-0.15, -0.1) is 10.2 Å². The predicted octanol–water partition coefficient (Wildman–Crippen LogP) is 0.858. The number of amides is 1. The van der Waals surface area contributed by atoms with Gasteiger partial charge < -0.3 is 5.32 Å². The quantitative estimate of drug-likeness (QED) is 0.881. The Hall–Kier alpha value is -1.02. The van der Waals surface area contributed by atoms with Crippen LogP contribution >= 0.6 is 11.3 Å². The lowest BCUT2D eigenvalue weighted by atomic mass is 10.4. The Kier molecular flexibility index (Phi) is 4.21. The summed E-state index contributed by atoms with van der Waals surface area (Å²) in [5, 5.41) is 9.27. The molecule has 0 atom stereocenters. The zero-order chi connectivity index (χ0) is 13.2. The minimum absolute atomic E-state index is 0.0310. The van der Waals surface area contributed by atoms with Crippen LogP contribution < -0.4 is 5.32 Å². The first-order chi connectivity index (χ1) is 7.75. The van der Waals surface area contributed by atoms with Crippen LogP contribution in [0.15, 0.2) is 4.34 Å². The average molecular weight is 277 g/mol. The topological polar surface area (TPSA) is 89.0 Å². The van der Waals surface area contributed by atoms with Crippen molar-refractivity contribution in [3.05, 3.63) is 5.01 Å². The van der Waals surface area contributed by atoms with Crippen LogP contribution in [0, 0.1) is 0 Å². The Morgan fingerprint density at radius 3 is 2.29 bits per heavy atom. The number of hydrogen-bond acceptors (Lipinski definition) is 6. The number of carbonyl (C=O) groups is 1. The van der Waals surface area contributed by atoms with Gasteiger partial charge in [0.15, 0.2) is 0 Å². The van der Waals surface area contributed by atoms with Gasteiger partial charge in [-0.1, -0.05) is 11.3 Å². The highest BCUT2D eigenvalue weighted by molar-refractivity contribution is 7.93. The van der Waals surface area contributed by atoms with Crippen LogP contribution in [-0.2, 0) is 9.84 Å². The maximum atomic E-state index is 11.8. The molecule has 17 heavy (non-hydrogen) atoms. The summed E-state index contributed by atoms with van der Waals surface area (Å²) in [6, 6.07) is -0.0310. The molecule has 0 aliphatic carbocycles. The smallest absolute Gasteiger partial charge is 0.282 e. The molecule has 1 aromatic heterocycles. The molecule has 0 saturated carbocycles. The highest BCUT2D eigenvalue weighted by Gasteiger charge is 2.25. The maximum Gasteiger partial charge on any atom is 0.282 e. The van der Waals surface area contributed by atoms with Gasteiger partial charge in [-0.05, 0) is 27.7 Å². The van der Waals surface area contributed by atoms with Gasteiger partial charge in [-0.25, -0.2) is 8.42 Å². The number of aromatic nitrogens is 2. The molecular weight excluding hydrogens is 262 g/mol. The summed E-state index contributed by atoms with van der Waals surface area (Å²) in [6.45, 7) is 6.74. The summed E-state index contributed by atoms with van der Waals surface area (Å²) in [5.74, 6) is -0.400. The molecule has 0 saturated heterocycles. The van der Waals surface area contributed by atoms with E-state index in [1.807, 2.05) is 13.8 Å². The second-order valence-electron chi connectivity index (χ2n) is 4.10. The van der Waals surface area contributed by atoms with Crippen LogP contribution in [0.25, 0.3) is 0 Å². The third-order valence-electron chi connectivity index (χ3n) is 1.88. The molecule has 1 heterocycles. The molecule has 0 bridgehead atoms. The van der Waals surface area contributed by atoms with E-state index in [2.05, 4.69) is 15.5 Å². The van der Waals surface area contributed by atoms with Gasteiger partial charge in [0.1, 0.15) is 0 Å². The molecule has 6 nitrogen and oxygen atoms in total. The molecular formula is C9H15N3O3S2. The lowest BCUT2D eigenvalue weighted by Gasteiger charge is -2.04. The molecule has 0 aromatic carbocycles. The van der Waals surface area contributed by atoms with E-state index in [1.165, 1.54) is 0 Å². The molecule has 1 N–H and O–H groups in total. The van der Waals surface area contributed by atoms with Crippen LogP contribution in [0.5, 0.6) is 0 Å². The van der Waals surface area contributed by atoms with E-state index >= 15 is 0 Å². The van der Waals surface area contributed by atoms with Crippen molar-refractivity contribution in [3.8, 4) is 0 Å². The van der Waals surface area contributed by atoms with Crippen molar-refractivity contribution in [1.82, 2.24) is 15.5 Å². The van der Waals surface area contributed by atoms with Crippen molar-refractivity contribution < 1.29 is 13.2 Å². The minimum Gasteiger partial charge on any atom is -0.348 e. The molecule has 0 aliphatic rings. The standard InChI is InChI=1S/C9H15N3O3S2/c1-5(2)10-7(13)8-11-12-9(16-8)17(14,15)6(3)4/h5-6H,1-4H3,(H,10,13). The Morgan fingerprint density at radius 2 is 1.82 bits per heavy atom. The summed E-state index contributed by atoms with van der Waals surface area (Å²) >= 11 is 0.796. The van der Waals surface area contributed by atoms with E-state index in [0.29, 0.717) is 0 Å². The monoisotopic (exact) mass is 277 g/mol. The van der Waals surface area contributed by atoms with Gasteiger partial charge in [-0.3, -0.25) is 4.79 Å². The molecule has 0 unspecified atom stereocenters. The number of sulfone groups is 1. The molecule has 96 valence electrons. The first-order valence-electron chi connectivity index (χ1n) is 5.13. The minimum atomic E-state index is -3.45.